The Morgan fingerprint density at radius 3 is 2.38 bits per heavy atom. The van der Waals surface area contributed by atoms with Gasteiger partial charge in [0.05, 0.1) is 27.5 Å². The summed E-state index contributed by atoms with van der Waals surface area (Å²) >= 11 is 0. The number of hydrogen-bond acceptors (Lipinski definition) is 6. The second kappa shape index (κ2) is 9.01. The number of aromatic amines is 1. The number of hydrogen-bond donors (Lipinski definition) is 2. The molecule has 0 aliphatic heterocycles. The van der Waals surface area contributed by atoms with Gasteiger partial charge < -0.3 is 19.3 Å². The van der Waals surface area contributed by atoms with Crippen molar-refractivity contribution in [3.63, 3.8) is 0 Å². The third kappa shape index (κ3) is 3.97. The third-order valence-corrected chi connectivity index (χ3v) is 5.37. The molecule has 7 heteroatoms. The number of benzene rings is 2. The molecule has 0 aliphatic carbocycles. The van der Waals surface area contributed by atoms with Gasteiger partial charge in [-0.15, -0.1) is 0 Å². The number of nitrogens with zero attached hydrogens (tertiary/aromatic N) is 1. The number of ether oxygens (including phenoxy) is 3. The van der Waals surface area contributed by atoms with Gasteiger partial charge in [0.15, 0.2) is 11.5 Å². The van der Waals surface area contributed by atoms with E-state index in [0.29, 0.717) is 28.3 Å². The Labute approximate surface area is 186 Å². The molecule has 0 spiro atoms. The molecule has 32 heavy (non-hydrogen) atoms. The van der Waals surface area contributed by atoms with E-state index in [-0.39, 0.29) is 5.75 Å². The smallest absolute Gasteiger partial charge is 0.273 e. The van der Waals surface area contributed by atoms with Gasteiger partial charge in [0.2, 0.25) is 5.75 Å². The predicted octanol–water partition coefficient (Wildman–Crippen LogP) is 4.29. The fourth-order valence-corrected chi connectivity index (χ4v) is 3.81. The maximum atomic E-state index is 11.2. The molecular weight excluding hydrogens is 406 g/mol. The monoisotopic (exact) mass is 432 g/mol. The SMILES string of the molecule is COc1cc([C@@H](Nc2cc(C)cc[nH+]2)c2ccc3cccnc3c2O)cc(OC)c1OC. The molecule has 0 amide bonds. The van der Waals surface area contributed by atoms with Gasteiger partial charge in [-0.05, 0) is 42.8 Å². The minimum atomic E-state index is -0.437. The van der Waals surface area contributed by atoms with E-state index in [1.54, 1.807) is 27.5 Å². The van der Waals surface area contributed by atoms with Crippen LogP contribution in [0.15, 0.2) is 60.9 Å². The maximum Gasteiger partial charge on any atom is 0.273 e. The van der Waals surface area contributed by atoms with Crippen LogP contribution in [0.2, 0.25) is 0 Å². The zero-order chi connectivity index (χ0) is 22.7. The number of phenolic OH excluding ortho intramolecular Hbond substituents is 1. The van der Waals surface area contributed by atoms with Crippen LogP contribution in [-0.4, -0.2) is 31.4 Å². The van der Waals surface area contributed by atoms with E-state index in [0.717, 1.165) is 22.3 Å². The number of nitrogens with one attached hydrogen (secondary N) is 2. The highest BCUT2D eigenvalue weighted by Crippen LogP contribution is 2.43. The average molecular weight is 433 g/mol. The number of phenols is 1. The normalized spacial score (nSPS) is 11.8. The molecule has 2 aromatic heterocycles. The molecule has 0 radical (unpaired) electrons. The fourth-order valence-electron chi connectivity index (χ4n) is 3.81. The molecule has 164 valence electrons. The quantitative estimate of drug-likeness (QED) is 0.453. The highest BCUT2D eigenvalue weighted by Gasteiger charge is 2.27. The number of rotatable bonds is 7. The maximum absolute atomic E-state index is 11.2. The number of methoxy groups -OCH3 is 3. The lowest BCUT2D eigenvalue weighted by Crippen LogP contribution is -2.19. The van der Waals surface area contributed by atoms with E-state index in [2.05, 4.69) is 15.3 Å². The van der Waals surface area contributed by atoms with Crippen LogP contribution in [-0.2, 0) is 0 Å². The zero-order valence-corrected chi connectivity index (χ0v) is 18.5. The van der Waals surface area contributed by atoms with Crippen LogP contribution in [0.5, 0.6) is 23.0 Å². The second-order valence-corrected chi connectivity index (χ2v) is 7.39. The molecule has 4 aromatic rings. The largest absolute Gasteiger partial charge is 0.505 e. The van der Waals surface area contributed by atoms with Crippen molar-refractivity contribution in [2.24, 2.45) is 0 Å². The molecule has 0 bridgehead atoms. The second-order valence-electron chi connectivity index (χ2n) is 7.39. The lowest BCUT2D eigenvalue weighted by molar-refractivity contribution is -0.361. The van der Waals surface area contributed by atoms with Crippen LogP contribution in [0.25, 0.3) is 10.9 Å². The molecule has 2 heterocycles. The van der Waals surface area contributed by atoms with E-state index in [4.69, 9.17) is 14.2 Å². The first-order valence-corrected chi connectivity index (χ1v) is 10.2. The van der Waals surface area contributed by atoms with Crippen LogP contribution in [0.1, 0.15) is 22.7 Å². The van der Waals surface area contributed by atoms with Crippen molar-refractivity contribution in [1.29, 1.82) is 0 Å². The van der Waals surface area contributed by atoms with Gasteiger partial charge >= 0.3 is 0 Å². The molecule has 0 saturated carbocycles. The zero-order valence-electron chi connectivity index (χ0n) is 18.5. The number of anilines is 1. The number of aromatic nitrogens is 2. The highest BCUT2D eigenvalue weighted by atomic mass is 16.5. The Bertz CT molecular complexity index is 1230. The Morgan fingerprint density at radius 2 is 1.72 bits per heavy atom. The molecule has 2 aromatic carbocycles. The molecule has 1 atom stereocenters. The van der Waals surface area contributed by atoms with Gasteiger partial charge in [-0.3, -0.25) is 10.3 Å². The van der Waals surface area contributed by atoms with Crippen molar-refractivity contribution in [2.75, 3.05) is 26.6 Å². The summed E-state index contributed by atoms with van der Waals surface area (Å²) < 4.78 is 16.6. The topological polar surface area (TPSA) is 87.0 Å². The van der Waals surface area contributed by atoms with Crippen LogP contribution >= 0.6 is 0 Å². The molecule has 0 unspecified atom stereocenters. The number of pyridine rings is 2. The van der Waals surface area contributed by atoms with Crippen LogP contribution in [0.3, 0.4) is 0 Å². The van der Waals surface area contributed by atoms with E-state index in [1.165, 1.54) is 0 Å². The minimum absolute atomic E-state index is 0.113. The van der Waals surface area contributed by atoms with Gasteiger partial charge in [0.25, 0.3) is 5.82 Å². The Hall–Kier alpha value is -4.00. The Balaban J connectivity index is 1.92. The van der Waals surface area contributed by atoms with Crippen molar-refractivity contribution in [3.05, 3.63) is 77.6 Å². The van der Waals surface area contributed by atoms with Gasteiger partial charge in [-0.1, -0.05) is 12.1 Å². The average Bonchev–Trinajstić information content (AvgIpc) is 2.82. The molecule has 7 nitrogen and oxygen atoms in total. The van der Waals surface area contributed by atoms with Crippen molar-refractivity contribution in [3.8, 4) is 23.0 Å². The molecular formula is C25H26N3O4+. The first-order valence-electron chi connectivity index (χ1n) is 10.2. The van der Waals surface area contributed by atoms with Gasteiger partial charge in [0.1, 0.15) is 17.3 Å². The summed E-state index contributed by atoms with van der Waals surface area (Å²) in [5.41, 5.74) is 3.12. The van der Waals surface area contributed by atoms with Crippen LogP contribution in [0.4, 0.5) is 5.82 Å². The van der Waals surface area contributed by atoms with E-state index >= 15 is 0 Å². The highest BCUT2D eigenvalue weighted by molar-refractivity contribution is 5.86. The van der Waals surface area contributed by atoms with E-state index in [1.807, 2.05) is 61.7 Å². The van der Waals surface area contributed by atoms with Gasteiger partial charge in [-0.25, -0.2) is 4.98 Å². The minimum Gasteiger partial charge on any atom is -0.505 e. The summed E-state index contributed by atoms with van der Waals surface area (Å²) in [4.78, 5) is 7.60. The number of fused-ring (bicyclic) bond motifs is 1. The lowest BCUT2D eigenvalue weighted by Gasteiger charge is -2.20. The van der Waals surface area contributed by atoms with Crippen LogP contribution in [0, 0.1) is 6.92 Å². The standard InChI is InChI=1S/C25H25N3O4/c1-15-9-11-26-21(12-15)28-22(17-13-19(30-2)25(32-4)20(14-17)31-3)18-8-7-16-6-5-10-27-23(16)24(18)29/h5-14,22,29H,1-4H3,(H,26,28)/p+1/t22-/m1/s1. The summed E-state index contributed by atoms with van der Waals surface area (Å²) in [6.07, 6.45) is 3.54. The van der Waals surface area contributed by atoms with E-state index in [9.17, 15) is 5.11 Å². The van der Waals surface area contributed by atoms with Crippen molar-refractivity contribution in [2.45, 2.75) is 13.0 Å². The summed E-state index contributed by atoms with van der Waals surface area (Å²) in [5, 5.41) is 15.5. The fraction of sp³-hybridized carbons (Fsp3) is 0.200. The Kier molecular flexibility index (Phi) is 5.98. The van der Waals surface area contributed by atoms with Gasteiger partial charge in [-0.2, -0.15) is 0 Å². The molecule has 0 saturated heterocycles. The number of aryl methyl sites for hydroxylation is 1. The van der Waals surface area contributed by atoms with Crippen molar-refractivity contribution < 1.29 is 24.3 Å². The van der Waals surface area contributed by atoms with Crippen molar-refractivity contribution >= 4 is 16.7 Å². The third-order valence-electron chi connectivity index (χ3n) is 5.37. The summed E-state index contributed by atoms with van der Waals surface area (Å²) in [7, 11) is 4.73. The first-order chi connectivity index (χ1) is 15.5. The first kappa shape index (κ1) is 21.2. The molecule has 0 fully saturated rings. The summed E-state index contributed by atoms with van der Waals surface area (Å²) in [6.45, 7) is 2.02. The van der Waals surface area contributed by atoms with Crippen LogP contribution < -0.4 is 24.5 Å². The Morgan fingerprint density at radius 1 is 0.969 bits per heavy atom. The molecule has 3 N–H and O–H groups in total. The van der Waals surface area contributed by atoms with Crippen molar-refractivity contribution in [1.82, 2.24) is 4.98 Å². The number of aromatic hydroxyl groups is 1. The summed E-state index contributed by atoms with van der Waals surface area (Å²) in [6, 6.07) is 14.9. The van der Waals surface area contributed by atoms with Gasteiger partial charge in [0, 0.05) is 28.8 Å². The predicted molar refractivity (Wildman–Crippen MR) is 123 cm³/mol. The number of H-pyrrole nitrogens is 1. The molecule has 0 aliphatic rings. The molecule has 4 rings (SSSR count). The van der Waals surface area contributed by atoms with E-state index < -0.39 is 6.04 Å². The lowest BCUT2D eigenvalue weighted by atomic mass is 9.95. The summed E-state index contributed by atoms with van der Waals surface area (Å²) in [5.74, 6) is 2.47.